The Kier molecular flexibility index (Phi) is 12.4. The Morgan fingerprint density at radius 1 is 0.730 bits per heavy atom. The third kappa shape index (κ3) is 9.08. The minimum atomic E-state index is -0.987. The van der Waals surface area contributed by atoms with Crippen LogP contribution in [-0.2, 0) is 27.4 Å². The summed E-state index contributed by atoms with van der Waals surface area (Å²) in [6.07, 6.45) is 0.0136. The van der Waals surface area contributed by atoms with Crippen molar-refractivity contribution in [2.75, 3.05) is 24.7 Å². The number of halogens is 2. The van der Waals surface area contributed by atoms with Crippen LogP contribution >= 0.6 is 31.1 Å². The van der Waals surface area contributed by atoms with E-state index in [0.717, 1.165) is 0 Å². The van der Waals surface area contributed by atoms with Gasteiger partial charge in [-0.1, -0.05) is 78.9 Å². The van der Waals surface area contributed by atoms with Gasteiger partial charge < -0.3 is 14.2 Å². The highest BCUT2D eigenvalue weighted by Crippen LogP contribution is 2.33. The zero-order valence-corrected chi connectivity index (χ0v) is 21.8. The summed E-state index contributed by atoms with van der Waals surface area (Å²) in [6, 6.07) is 25.2. The number of benzene rings is 3. The lowest BCUT2D eigenvalue weighted by atomic mass is 10.1. The molecule has 0 heterocycles. The first-order valence-electron chi connectivity index (χ1n) is 10.9. The van der Waals surface area contributed by atoms with Crippen LogP contribution in [0.15, 0.2) is 78.9 Å². The SMILES string of the molecule is B.CN(C(=O)OCCP(c1ccccc1)c1ccccc1)c1c(COC(=O)Cl)cccc1COC(=O)Cl. The molecule has 0 spiro atoms. The number of anilines is 1. The average Bonchev–Trinajstić information content (AvgIpc) is 2.89. The number of para-hydroxylation sites is 1. The van der Waals surface area contributed by atoms with Crippen LogP contribution in [0, 0.1) is 0 Å². The van der Waals surface area contributed by atoms with E-state index < -0.39 is 24.9 Å². The summed E-state index contributed by atoms with van der Waals surface area (Å²) in [5.74, 6) is 0. The topological polar surface area (TPSA) is 82.1 Å². The minimum Gasteiger partial charge on any atom is -0.449 e. The first-order valence-corrected chi connectivity index (χ1v) is 13.2. The predicted octanol–water partition coefficient (Wildman–Crippen LogP) is 4.96. The largest absolute Gasteiger partial charge is 0.449 e. The number of hydrogen-bond acceptors (Lipinski definition) is 6. The summed E-state index contributed by atoms with van der Waals surface area (Å²) in [7, 11) is 0.787. The molecule has 0 N–H and O–H groups in total. The van der Waals surface area contributed by atoms with Crippen LogP contribution in [0.2, 0.25) is 0 Å². The minimum absolute atomic E-state index is 0. The highest BCUT2D eigenvalue weighted by atomic mass is 35.5. The van der Waals surface area contributed by atoms with Gasteiger partial charge in [0.05, 0.1) is 20.7 Å². The second-order valence-electron chi connectivity index (χ2n) is 7.47. The molecule has 0 bridgehead atoms. The zero-order valence-electron chi connectivity index (χ0n) is 19.4. The number of ether oxygens (including phenoxy) is 3. The van der Waals surface area contributed by atoms with E-state index in [9.17, 15) is 14.4 Å². The fraction of sp³-hybridized carbons (Fsp3) is 0.192. The highest BCUT2D eigenvalue weighted by Gasteiger charge is 2.22. The quantitative estimate of drug-likeness (QED) is 0.151. The maximum Gasteiger partial charge on any atom is 0.414 e. The molecule has 1 amide bonds. The molecule has 0 atom stereocenters. The van der Waals surface area contributed by atoms with Gasteiger partial charge in [-0.05, 0) is 18.5 Å². The van der Waals surface area contributed by atoms with Crippen molar-refractivity contribution in [3.63, 3.8) is 0 Å². The standard InChI is InChI=1S/C26H24Cl2NO6P.BH3/c1-29(23-19(17-34-24(27)30)9-8-10-20(23)18-35-25(28)31)26(32)33-15-16-36(21-11-4-2-5-12-21)22-13-6-3-7-14-22;/h2-14H,15-18H2,1H3;1H3. The van der Waals surface area contributed by atoms with Crippen molar-refractivity contribution < 1.29 is 28.6 Å². The molecule has 37 heavy (non-hydrogen) atoms. The van der Waals surface area contributed by atoms with E-state index in [-0.39, 0.29) is 28.2 Å². The summed E-state index contributed by atoms with van der Waals surface area (Å²) in [5.41, 5.74) is -0.658. The molecule has 7 nitrogen and oxygen atoms in total. The number of amides is 1. The fourth-order valence-corrected chi connectivity index (χ4v) is 5.87. The van der Waals surface area contributed by atoms with E-state index in [2.05, 4.69) is 24.3 Å². The molecular formula is C26H27BCl2NO6P. The van der Waals surface area contributed by atoms with Crippen molar-refractivity contribution in [1.82, 2.24) is 0 Å². The van der Waals surface area contributed by atoms with E-state index in [0.29, 0.717) is 23.0 Å². The fourth-order valence-electron chi connectivity index (χ4n) is 3.61. The molecule has 0 aliphatic carbocycles. The molecule has 0 aromatic heterocycles. The maximum absolute atomic E-state index is 13.0. The lowest BCUT2D eigenvalue weighted by Gasteiger charge is -2.24. The predicted molar refractivity (Wildman–Crippen MR) is 152 cm³/mol. The van der Waals surface area contributed by atoms with Gasteiger partial charge in [0, 0.05) is 47.5 Å². The molecule has 0 aliphatic heterocycles. The van der Waals surface area contributed by atoms with Crippen molar-refractivity contribution in [3.05, 3.63) is 90.0 Å². The molecule has 0 radical (unpaired) electrons. The van der Waals surface area contributed by atoms with E-state index in [1.165, 1.54) is 22.6 Å². The Morgan fingerprint density at radius 3 is 1.62 bits per heavy atom. The van der Waals surface area contributed by atoms with Crippen molar-refractivity contribution in [3.8, 4) is 0 Å². The number of carbonyl (C=O) groups is 3. The van der Waals surface area contributed by atoms with Gasteiger partial charge in [0.25, 0.3) is 0 Å². The van der Waals surface area contributed by atoms with Crippen molar-refractivity contribution in [2.45, 2.75) is 13.2 Å². The number of nitrogens with zero attached hydrogens (tertiary/aromatic N) is 1. The molecule has 3 aromatic carbocycles. The van der Waals surface area contributed by atoms with Gasteiger partial charge in [0.15, 0.2) is 0 Å². The van der Waals surface area contributed by atoms with Gasteiger partial charge in [-0.2, -0.15) is 0 Å². The smallest absolute Gasteiger partial charge is 0.414 e. The Labute approximate surface area is 228 Å². The zero-order chi connectivity index (χ0) is 25.9. The first kappa shape index (κ1) is 30.2. The van der Waals surface area contributed by atoms with Gasteiger partial charge in [0.2, 0.25) is 0 Å². The molecular weight excluding hydrogens is 535 g/mol. The number of hydrogen-bond donors (Lipinski definition) is 0. The van der Waals surface area contributed by atoms with Crippen LogP contribution in [0.25, 0.3) is 0 Å². The highest BCUT2D eigenvalue weighted by molar-refractivity contribution is 7.73. The normalized spacial score (nSPS) is 10.3. The summed E-state index contributed by atoms with van der Waals surface area (Å²) in [6.45, 7) is -0.194. The van der Waals surface area contributed by atoms with Crippen LogP contribution in [0.5, 0.6) is 0 Å². The third-order valence-electron chi connectivity index (χ3n) is 5.17. The summed E-state index contributed by atoms with van der Waals surface area (Å²) in [4.78, 5) is 36.6. The average molecular weight is 562 g/mol. The van der Waals surface area contributed by atoms with Crippen molar-refractivity contribution in [1.29, 1.82) is 0 Å². The molecule has 3 aromatic rings. The maximum atomic E-state index is 13.0. The number of rotatable bonds is 10. The molecule has 0 aliphatic rings. The van der Waals surface area contributed by atoms with Gasteiger partial charge >= 0.3 is 17.0 Å². The van der Waals surface area contributed by atoms with Gasteiger partial charge in [0.1, 0.15) is 13.2 Å². The van der Waals surface area contributed by atoms with Crippen LogP contribution < -0.4 is 15.5 Å². The van der Waals surface area contributed by atoms with E-state index >= 15 is 0 Å². The monoisotopic (exact) mass is 561 g/mol. The Hall–Kier alpha value is -3.06. The number of carbonyl (C=O) groups excluding carboxylic acids is 3. The second kappa shape index (κ2) is 15.3. The lowest BCUT2D eigenvalue weighted by molar-refractivity contribution is 0.160. The third-order valence-corrected chi connectivity index (χ3v) is 7.86. The summed E-state index contributed by atoms with van der Waals surface area (Å²) >= 11 is 10.6. The van der Waals surface area contributed by atoms with Crippen molar-refractivity contribution in [2.24, 2.45) is 0 Å². The van der Waals surface area contributed by atoms with Crippen LogP contribution in [0.1, 0.15) is 11.1 Å². The van der Waals surface area contributed by atoms with E-state index in [1.807, 2.05) is 36.4 Å². The van der Waals surface area contributed by atoms with Gasteiger partial charge in [-0.15, -0.1) is 0 Å². The molecule has 0 fully saturated rings. The molecule has 11 heteroatoms. The van der Waals surface area contributed by atoms with Crippen LogP contribution in [0.3, 0.4) is 0 Å². The summed E-state index contributed by atoms with van der Waals surface area (Å²) in [5, 5.41) is 2.36. The van der Waals surface area contributed by atoms with Crippen LogP contribution in [0.4, 0.5) is 20.1 Å². The van der Waals surface area contributed by atoms with Crippen LogP contribution in [-0.4, -0.2) is 45.2 Å². The summed E-state index contributed by atoms with van der Waals surface area (Å²) < 4.78 is 15.4. The van der Waals surface area contributed by atoms with E-state index in [1.54, 1.807) is 18.2 Å². The molecule has 194 valence electrons. The molecule has 3 rings (SSSR count). The molecule has 0 saturated heterocycles. The Balaban J connectivity index is 0.00000481. The van der Waals surface area contributed by atoms with Gasteiger partial charge in [-0.3, -0.25) is 4.90 Å². The molecule has 0 unspecified atom stereocenters. The molecule has 0 saturated carbocycles. The first-order chi connectivity index (χ1) is 17.4. The Bertz CT molecular complexity index is 1110. The van der Waals surface area contributed by atoms with Gasteiger partial charge in [-0.25, -0.2) is 14.4 Å². The Morgan fingerprint density at radius 2 is 1.19 bits per heavy atom. The lowest BCUT2D eigenvalue weighted by Crippen LogP contribution is -2.30. The van der Waals surface area contributed by atoms with E-state index in [4.69, 9.17) is 37.4 Å². The second-order valence-corrected chi connectivity index (χ2v) is 10.4. The van der Waals surface area contributed by atoms with Crippen molar-refractivity contribution >= 4 is 72.8 Å².